The minimum atomic E-state index is -2.97. The number of pyridine rings is 1. The van der Waals surface area contributed by atoms with Gasteiger partial charge in [-0.3, -0.25) is 4.79 Å². The first-order valence-corrected chi connectivity index (χ1v) is 12.7. The Morgan fingerprint density at radius 2 is 1.83 bits per heavy atom. The number of ether oxygens (including phenoxy) is 1. The van der Waals surface area contributed by atoms with E-state index >= 15 is 0 Å². The summed E-state index contributed by atoms with van der Waals surface area (Å²) in [7, 11) is -2.97. The molecule has 7 nitrogen and oxygen atoms in total. The summed E-state index contributed by atoms with van der Waals surface area (Å²) in [5, 5.41) is 11.8. The predicted molar refractivity (Wildman–Crippen MR) is 135 cm³/mol. The lowest BCUT2D eigenvalue weighted by atomic mass is 10.0. The van der Waals surface area contributed by atoms with Crippen LogP contribution >= 0.6 is 0 Å². The third-order valence-corrected chi connectivity index (χ3v) is 6.48. The lowest BCUT2D eigenvalue weighted by Crippen LogP contribution is -2.14. The van der Waals surface area contributed by atoms with Crippen molar-refractivity contribution in [2.45, 2.75) is 11.8 Å². The van der Waals surface area contributed by atoms with E-state index in [1.54, 1.807) is 61.7 Å². The van der Waals surface area contributed by atoms with Gasteiger partial charge in [0.15, 0.2) is 0 Å². The molecule has 9 heteroatoms. The van der Waals surface area contributed by atoms with E-state index in [1.807, 2.05) is 0 Å². The second kappa shape index (κ2) is 9.98. The quantitative estimate of drug-likeness (QED) is 0.329. The molecule has 0 radical (unpaired) electrons. The SMILES string of the molecule is Cc1cc(F)ccc1Oc1ncc(-c2ccc(C#N)cc2)cc1C(=O)Nc1cccc([S@](C)(=N)=O)c1. The van der Waals surface area contributed by atoms with Crippen LogP contribution < -0.4 is 10.1 Å². The lowest BCUT2D eigenvalue weighted by Gasteiger charge is -2.14. The number of halogens is 1. The molecule has 1 heterocycles. The summed E-state index contributed by atoms with van der Waals surface area (Å²) in [6, 6.07) is 20.8. The van der Waals surface area contributed by atoms with E-state index in [1.165, 1.54) is 30.5 Å². The average Bonchev–Trinajstić information content (AvgIpc) is 2.85. The molecule has 0 aliphatic heterocycles. The zero-order chi connectivity index (χ0) is 25.9. The number of aromatic nitrogens is 1. The van der Waals surface area contributed by atoms with Gasteiger partial charge in [0.25, 0.3) is 5.91 Å². The van der Waals surface area contributed by atoms with Crippen molar-refractivity contribution >= 4 is 21.3 Å². The van der Waals surface area contributed by atoms with Crippen LogP contribution in [0.2, 0.25) is 0 Å². The highest BCUT2D eigenvalue weighted by Gasteiger charge is 2.18. The smallest absolute Gasteiger partial charge is 0.261 e. The summed E-state index contributed by atoms with van der Waals surface area (Å²) >= 11 is 0. The number of rotatable bonds is 6. The predicted octanol–water partition coefficient (Wildman–Crippen LogP) is 6.15. The molecule has 0 saturated carbocycles. The zero-order valence-electron chi connectivity index (χ0n) is 19.4. The van der Waals surface area contributed by atoms with Crippen LogP contribution in [-0.4, -0.2) is 21.4 Å². The zero-order valence-corrected chi connectivity index (χ0v) is 20.2. The monoisotopic (exact) mass is 500 g/mol. The number of aryl methyl sites for hydroxylation is 1. The molecule has 0 aliphatic carbocycles. The van der Waals surface area contributed by atoms with Gasteiger partial charge in [-0.2, -0.15) is 5.26 Å². The summed E-state index contributed by atoms with van der Waals surface area (Å²) in [5.74, 6) is -0.609. The van der Waals surface area contributed by atoms with Crippen molar-refractivity contribution in [1.29, 1.82) is 10.0 Å². The molecule has 180 valence electrons. The second-order valence-corrected chi connectivity index (χ2v) is 10.3. The number of nitriles is 1. The van der Waals surface area contributed by atoms with Crippen LogP contribution in [0, 0.1) is 28.9 Å². The molecule has 1 atom stereocenters. The van der Waals surface area contributed by atoms with Gasteiger partial charge in [-0.25, -0.2) is 18.4 Å². The first-order chi connectivity index (χ1) is 17.1. The Morgan fingerprint density at radius 1 is 1.08 bits per heavy atom. The summed E-state index contributed by atoms with van der Waals surface area (Å²) in [6.07, 6.45) is 2.84. The van der Waals surface area contributed by atoms with Crippen molar-refractivity contribution in [3.05, 3.63) is 102 Å². The number of hydrogen-bond donors (Lipinski definition) is 2. The van der Waals surface area contributed by atoms with Gasteiger partial charge in [-0.05, 0) is 72.6 Å². The van der Waals surface area contributed by atoms with Crippen molar-refractivity contribution in [3.63, 3.8) is 0 Å². The minimum absolute atomic E-state index is 0.00976. The Kier molecular flexibility index (Phi) is 6.81. The normalized spacial score (nSPS) is 12.3. The molecule has 0 saturated heterocycles. The fourth-order valence-electron chi connectivity index (χ4n) is 3.44. The highest BCUT2D eigenvalue weighted by molar-refractivity contribution is 7.91. The number of benzene rings is 3. The fourth-order valence-corrected chi connectivity index (χ4v) is 4.13. The van der Waals surface area contributed by atoms with Crippen molar-refractivity contribution in [1.82, 2.24) is 4.98 Å². The van der Waals surface area contributed by atoms with Gasteiger partial charge < -0.3 is 10.1 Å². The van der Waals surface area contributed by atoms with Gasteiger partial charge in [0, 0.05) is 28.6 Å². The van der Waals surface area contributed by atoms with Crippen LogP contribution in [0.5, 0.6) is 11.6 Å². The number of carbonyl (C=O) groups excluding carboxylic acids is 1. The molecule has 1 amide bonds. The molecule has 0 bridgehead atoms. The van der Waals surface area contributed by atoms with Crippen LogP contribution in [0.4, 0.5) is 10.1 Å². The Bertz CT molecular complexity index is 1610. The topological polar surface area (TPSA) is 116 Å². The first-order valence-electron chi connectivity index (χ1n) is 10.7. The van der Waals surface area contributed by atoms with Gasteiger partial charge in [-0.1, -0.05) is 18.2 Å². The van der Waals surface area contributed by atoms with Crippen LogP contribution in [0.1, 0.15) is 21.5 Å². The van der Waals surface area contributed by atoms with Gasteiger partial charge in [0.2, 0.25) is 5.88 Å². The third-order valence-electron chi connectivity index (χ3n) is 5.33. The summed E-state index contributed by atoms with van der Waals surface area (Å²) in [5.41, 5.74) is 2.84. The largest absolute Gasteiger partial charge is 0.438 e. The maximum Gasteiger partial charge on any atom is 0.261 e. The molecule has 0 unspecified atom stereocenters. The number of amides is 1. The number of nitrogens with zero attached hydrogens (tertiary/aromatic N) is 2. The minimum Gasteiger partial charge on any atom is -0.438 e. The first kappa shape index (κ1) is 24.6. The Morgan fingerprint density at radius 3 is 2.50 bits per heavy atom. The van der Waals surface area contributed by atoms with Gasteiger partial charge in [-0.15, -0.1) is 0 Å². The van der Waals surface area contributed by atoms with Gasteiger partial charge >= 0.3 is 0 Å². The number of carbonyl (C=O) groups is 1. The van der Waals surface area contributed by atoms with E-state index in [-0.39, 0.29) is 16.3 Å². The van der Waals surface area contributed by atoms with Crippen molar-refractivity contribution < 1.29 is 18.1 Å². The Hall–Kier alpha value is -4.55. The highest BCUT2D eigenvalue weighted by Crippen LogP contribution is 2.31. The van der Waals surface area contributed by atoms with Crippen molar-refractivity contribution in [2.75, 3.05) is 11.6 Å². The molecule has 0 spiro atoms. The summed E-state index contributed by atoms with van der Waals surface area (Å²) in [6.45, 7) is 1.68. The maximum absolute atomic E-state index is 13.6. The van der Waals surface area contributed by atoms with Crippen LogP contribution in [0.3, 0.4) is 0 Å². The average molecular weight is 501 g/mol. The number of hydrogen-bond acceptors (Lipinski definition) is 6. The molecular formula is C27H21FN4O3S. The molecule has 3 aromatic carbocycles. The van der Waals surface area contributed by atoms with E-state index in [4.69, 9.17) is 14.8 Å². The van der Waals surface area contributed by atoms with Crippen LogP contribution in [0.15, 0.2) is 83.9 Å². The summed E-state index contributed by atoms with van der Waals surface area (Å²) < 4.78 is 39.4. The summed E-state index contributed by atoms with van der Waals surface area (Å²) in [4.78, 5) is 18.0. The van der Waals surface area contributed by atoms with Gasteiger partial charge in [0.05, 0.1) is 21.4 Å². The maximum atomic E-state index is 13.6. The van der Waals surface area contributed by atoms with Crippen molar-refractivity contribution in [3.8, 4) is 28.8 Å². The Balaban J connectivity index is 1.75. The lowest BCUT2D eigenvalue weighted by molar-refractivity contribution is 0.102. The van der Waals surface area contributed by atoms with E-state index < -0.39 is 21.5 Å². The second-order valence-electron chi connectivity index (χ2n) is 8.10. The van der Waals surface area contributed by atoms with Crippen molar-refractivity contribution in [2.24, 2.45) is 0 Å². The Labute approximate surface area is 208 Å². The molecule has 0 fully saturated rings. The number of nitrogens with one attached hydrogen (secondary N) is 2. The van der Waals surface area contributed by atoms with Crippen LogP contribution in [0.25, 0.3) is 11.1 Å². The van der Waals surface area contributed by atoms with E-state index in [9.17, 15) is 13.4 Å². The standard InChI is InChI=1S/C27H21FN4O3S/c1-17-12-21(28)10-11-25(17)35-27-24(13-20(16-31-27)19-8-6-18(15-29)7-9-19)26(33)32-22-4-3-5-23(14-22)36(2,30)34/h3-14,16,30H,1-2H3,(H,32,33)/t36-/m1/s1. The van der Waals surface area contributed by atoms with E-state index in [0.29, 0.717) is 28.1 Å². The van der Waals surface area contributed by atoms with E-state index in [0.717, 1.165) is 5.56 Å². The fraction of sp³-hybridized carbons (Fsp3) is 0.0741. The molecule has 4 rings (SSSR count). The molecule has 36 heavy (non-hydrogen) atoms. The van der Waals surface area contributed by atoms with Gasteiger partial charge in [0.1, 0.15) is 17.1 Å². The molecular weight excluding hydrogens is 479 g/mol. The highest BCUT2D eigenvalue weighted by atomic mass is 32.2. The molecule has 1 aromatic heterocycles. The molecule has 0 aliphatic rings. The molecule has 2 N–H and O–H groups in total. The molecule has 4 aromatic rings. The third kappa shape index (κ3) is 5.56. The van der Waals surface area contributed by atoms with Crippen LogP contribution in [-0.2, 0) is 9.73 Å². The van der Waals surface area contributed by atoms with E-state index in [2.05, 4.69) is 16.4 Å². The number of anilines is 1.